The molecule has 1 unspecified atom stereocenters. The van der Waals surface area contributed by atoms with Crippen molar-refractivity contribution in [2.45, 2.75) is 49.3 Å². The van der Waals surface area contributed by atoms with Crippen molar-refractivity contribution in [3.05, 3.63) is 54.0 Å². The number of aromatic nitrogens is 3. The topological polar surface area (TPSA) is 74.6 Å². The Kier molecular flexibility index (Phi) is 5.47. The number of fused-ring (bicyclic) bond motifs is 1. The van der Waals surface area contributed by atoms with Crippen molar-refractivity contribution >= 4 is 47.5 Å². The fourth-order valence-electron chi connectivity index (χ4n) is 3.80. The minimum atomic E-state index is -0.189. The number of pyridine rings is 2. The zero-order valence-electron chi connectivity index (χ0n) is 17.4. The SMILES string of the molecule is CC1(S)CCCN1c1cc2ccc(C(=O)NCc3cc(NSC4CC4)ccn3)cn2n1. The average Bonchev–Trinajstić information content (AvgIpc) is 3.39. The molecule has 9 heteroatoms. The largest absolute Gasteiger partial charge is 0.346 e. The van der Waals surface area contributed by atoms with Gasteiger partial charge in [-0.3, -0.25) is 9.78 Å². The van der Waals surface area contributed by atoms with Crippen molar-refractivity contribution in [3.8, 4) is 0 Å². The highest BCUT2D eigenvalue weighted by Crippen LogP contribution is 2.36. The zero-order chi connectivity index (χ0) is 21.4. The summed E-state index contributed by atoms with van der Waals surface area (Å²) in [6.45, 7) is 3.43. The maximum absolute atomic E-state index is 12.7. The second-order valence-corrected chi connectivity index (χ2v) is 10.5. The lowest BCUT2D eigenvalue weighted by Crippen LogP contribution is -2.36. The molecule has 2 N–H and O–H groups in total. The Bertz CT molecular complexity index is 1110. The number of anilines is 2. The molecule has 2 aliphatic rings. The van der Waals surface area contributed by atoms with Crippen LogP contribution in [0.4, 0.5) is 11.5 Å². The first-order valence-corrected chi connectivity index (χ1v) is 11.9. The molecule has 1 atom stereocenters. The minimum absolute atomic E-state index is 0.147. The van der Waals surface area contributed by atoms with Gasteiger partial charge in [-0.2, -0.15) is 17.7 Å². The molecule has 1 aliphatic carbocycles. The zero-order valence-corrected chi connectivity index (χ0v) is 19.1. The number of amides is 1. The van der Waals surface area contributed by atoms with Gasteiger partial charge in [0, 0.05) is 35.9 Å². The monoisotopic (exact) mass is 454 g/mol. The molecule has 7 nitrogen and oxygen atoms in total. The first-order chi connectivity index (χ1) is 15.0. The summed E-state index contributed by atoms with van der Waals surface area (Å²) in [5.41, 5.74) is 3.35. The van der Waals surface area contributed by atoms with E-state index in [1.54, 1.807) is 28.9 Å². The predicted octanol–water partition coefficient (Wildman–Crippen LogP) is 4.13. The lowest BCUT2D eigenvalue weighted by molar-refractivity contribution is 0.0950. The van der Waals surface area contributed by atoms with Crippen molar-refractivity contribution in [1.29, 1.82) is 0 Å². The van der Waals surface area contributed by atoms with Gasteiger partial charge < -0.3 is 14.9 Å². The fourth-order valence-corrected chi connectivity index (χ4v) is 4.96. The third kappa shape index (κ3) is 4.62. The minimum Gasteiger partial charge on any atom is -0.346 e. The molecule has 0 spiro atoms. The molecule has 2 fully saturated rings. The molecule has 0 radical (unpaired) electrons. The van der Waals surface area contributed by atoms with E-state index < -0.39 is 0 Å². The standard InChI is InChI=1S/C22H26N6OS2/c1-22(30)8-2-10-27(22)20-12-18-4-3-15(14-28(18)25-20)21(29)24-13-17-11-16(7-9-23-17)26-31-19-5-6-19/h3-4,7,9,11-12,14,19,30H,2,5-6,8,10,13H2,1H3,(H,23,26)(H,24,29). The molecule has 3 aromatic heterocycles. The van der Waals surface area contributed by atoms with Gasteiger partial charge in [-0.25, -0.2) is 4.52 Å². The third-order valence-electron chi connectivity index (χ3n) is 5.71. The Morgan fingerprint density at radius 3 is 2.97 bits per heavy atom. The number of nitrogens with zero attached hydrogens (tertiary/aromatic N) is 4. The summed E-state index contributed by atoms with van der Waals surface area (Å²) < 4.78 is 5.13. The number of hydrogen-bond acceptors (Lipinski definition) is 7. The van der Waals surface area contributed by atoms with Crippen LogP contribution in [0.3, 0.4) is 0 Å². The summed E-state index contributed by atoms with van der Waals surface area (Å²) >= 11 is 6.54. The van der Waals surface area contributed by atoms with E-state index in [9.17, 15) is 4.79 Å². The first kappa shape index (κ1) is 20.5. The summed E-state index contributed by atoms with van der Waals surface area (Å²) in [5.74, 6) is 0.747. The van der Waals surface area contributed by atoms with E-state index >= 15 is 0 Å². The third-order valence-corrected chi connectivity index (χ3v) is 7.34. The van der Waals surface area contributed by atoms with E-state index in [1.807, 2.05) is 30.3 Å². The van der Waals surface area contributed by atoms with E-state index in [0.717, 1.165) is 47.4 Å². The van der Waals surface area contributed by atoms with Crippen LogP contribution in [0, 0.1) is 0 Å². The Balaban J connectivity index is 1.25. The highest BCUT2D eigenvalue weighted by Gasteiger charge is 2.34. The van der Waals surface area contributed by atoms with E-state index in [1.165, 1.54) is 12.8 Å². The second-order valence-electron chi connectivity index (χ2n) is 8.40. The van der Waals surface area contributed by atoms with Gasteiger partial charge in [0.05, 0.1) is 28.2 Å². The van der Waals surface area contributed by atoms with Gasteiger partial charge in [-0.15, -0.1) is 0 Å². The average molecular weight is 455 g/mol. The molecule has 162 valence electrons. The molecular weight excluding hydrogens is 428 g/mol. The molecule has 1 saturated heterocycles. The number of thiol groups is 1. The highest BCUT2D eigenvalue weighted by atomic mass is 32.2. The fraction of sp³-hybridized carbons (Fsp3) is 0.409. The molecule has 1 aliphatic heterocycles. The number of nitrogens with one attached hydrogen (secondary N) is 2. The van der Waals surface area contributed by atoms with Gasteiger partial charge >= 0.3 is 0 Å². The van der Waals surface area contributed by atoms with Crippen molar-refractivity contribution in [2.75, 3.05) is 16.2 Å². The molecule has 5 rings (SSSR count). The molecule has 1 saturated carbocycles. The molecule has 0 bridgehead atoms. The Labute approximate surface area is 191 Å². The Morgan fingerprint density at radius 2 is 2.19 bits per heavy atom. The smallest absolute Gasteiger partial charge is 0.253 e. The van der Waals surface area contributed by atoms with Crippen molar-refractivity contribution in [3.63, 3.8) is 0 Å². The van der Waals surface area contributed by atoms with Crippen LogP contribution < -0.4 is 14.9 Å². The van der Waals surface area contributed by atoms with Gasteiger partial charge in [0.1, 0.15) is 0 Å². The number of carbonyl (C=O) groups is 1. The van der Waals surface area contributed by atoms with E-state index in [4.69, 9.17) is 17.7 Å². The van der Waals surface area contributed by atoms with Crippen LogP contribution in [-0.4, -0.2) is 37.2 Å². The number of carbonyl (C=O) groups excluding carboxylic acids is 1. The van der Waals surface area contributed by atoms with Crippen molar-refractivity contribution in [1.82, 2.24) is 19.9 Å². The Morgan fingerprint density at radius 1 is 1.32 bits per heavy atom. The predicted molar refractivity (Wildman–Crippen MR) is 129 cm³/mol. The summed E-state index contributed by atoms with van der Waals surface area (Å²) in [6, 6.07) is 9.72. The molecule has 3 aromatic rings. The van der Waals surface area contributed by atoms with Gasteiger partial charge in [-0.1, -0.05) is 0 Å². The molecule has 31 heavy (non-hydrogen) atoms. The molecule has 0 aromatic carbocycles. The van der Waals surface area contributed by atoms with Gasteiger partial charge in [0.2, 0.25) is 0 Å². The second kappa shape index (κ2) is 8.27. The van der Waals surface area contributed by atoms with Gasteiger partial charge in [0.25, 0.3) is 5.91 Å². The Hall–Kier alpha value is -2.39. The quantitative estimate of drug-likeness (QED) is 0.368. The van der Waals surface area contributed by atoms with Crippen LogP contribution >= 0.6 is 24.6 Å². The van der Waals surface area contributed by atoms with Gasteiger partial charge in [0.15, 0.2) is 5.82 Å². The first-order valence-electron chi connectivity index (χ1n) is 10.6. The van der Waals surface area contributed by atoms with E-state index in [-0.39, 0.29) is 10.8 Å². The van der Waals surface area contributed by atoms with E-state index in [0.29, 0.717) is 12.1 Å². The van der Waals surface area contributed by atoms with Crippen LogP contribution in [0.1, 0.15) is 48.7 Å². The molecule has 1 amide bonds. The maximum Gasteiger partial charge on any atom is 0.253 e. The van der Waals surface area contributed by atoms with Crippen LogP contribution in [0.15, 0.2) is 42.7 Å². The summed E-state index contributed by atoms with van der Waals surface area (Å²) in [4.78, 5) is 19.1. The molecular formula is C22H26N6OS2. The maximum atomic E-state index is 12.7. The summed E-state index contributed by atoms with van der Waals surface area (Å²) in [6.07, 6.45) is 8.23. The van der Waals surface area contributed by atoms with Crippen molar-refractivity contribution < 1.29 is 4.79 Å². The summed E-state index contributed by atoms with van der Waals surface area (Å²) in [5, 5.41) is 8.38. The van der Waals surface area contributed by atoms with Crippen LogP contribution in [0.5, 0.6) is 0 Å². The summed E-state index contributed by atoms with van der Waals surface area (Å²) in [7, 11) is 0. The lowest BCUT2D eigenvalue weighted by Gasteiger charge is -2.30. The van der Waals surface area contributed by atoms with Gasteiger partial charge in [-0.05, 0) is 68.8 Å². The van der Waals surface area contributed by atoms with Crippen molar-refractivity contribution in [2.24, 2.45) is 0 Å². The normalized spacial score (nSPS) is 20.9. The highest BCUT2D eigenvalue weighted by molar-refractivity contribution is 8.01. The van der Waals surface area contributed by atoms with Crippen LogP contribution in [-0.2, 0) is 6.54 Å². The number of hydrogen-bond donors (Lipinski definition) is 3. The lowest BCUT2D eigenvalue weighted by atomic mass is 10.2. The van der Waals surface area contributed by atoms with Crippen LogP contribution in [0.25, 0.3) is 5.52 Å². The molecule has 4 heterocycles. The van der Waals surface area contributed by atoms with E-state index in [2.05, 4.69) is 26.8 Å². The number of rotatable bonds is 7. The van der Waals surface area contributed by atoms with Crippen LogP contribution in [0.2, 0.25) is 0 Å².